The molecule has 0 aliphatic heterocycles. The van der Waals surface area contributed by atoms with Crippen LogP contribution in [0.2, 0.25) is 5.02 Å². The molecule has 11 nitrogen and oxygen atoms in total. The SMILES string of the molecule is CC(C)C1=C2C3CCC4C(CCC5C(C)C(CC(=O)C6CC(C(=O)O)C6C)CCC54C)C3CCC2(CCNC(=O)C(O)(CCN)NC(=O)c2ccc(Cl)cc2)CC1=O.CN. The Morgan fingerprint density at radius 1 is 0.933 bits per heavy atom. The van der Waals surface area contributed by atoms with Gasteiger partial charge in [-0.15, -0.1) is 0 Å². The Kier molecular flexibility index (Phi) is 14.2. The van der Waals surface area contributed by atoms with E-state index in [1.165, 1.54) is 37.6 Å². The highest BCUT2D eigenvalue weighted by molar-refractivity contribution is 6.30. The van der Waals surface area contributed by atoms with Crippen molar-refractivity contribution in [2.75, 3.05) is 20.1 Å². The Morgan fingerprint density at radius 2 is 1.62 bits per heavy atom. The number of carbonyl (C=O) groups excluding carboxylic acids is 4. The number of fused-ring (bicyclic) bond motifs is 7. The second kappa shape index (κ2) is 18.3. The monoisotopic (exact) mass is 851 g/mol. The molecule has 0 radical (unpaired) electrons. The van der Waals surface area contributed by atoms with E-state index in [9.17, 15) is 34.2 Å². The van der Waals surface area contributed by atoms with Crippen LogP contribution in [-0.4, -0.2) is 65.4 Å². The molecule has 0 spiro atoms. The normalized spacial score (nSPS) is 36.5. The summed E-state index contributed by atoms with van der Waals surface area (Å²) in [6.45, 7) is 11.4. The number of nitrogens with two attached hydrogens (primary N) is 2. The number of aliphatic hydroxyl groups is 1. The molecule has 60 heavy (non-hydrogen) atoms. The molecule has 7 rings (SSSR count). The van der Waals surface area contributed by atoms with Gasteiger partial charge in [0.05, 0.1) is 5.92 Å². The van der Waals surface area contributed by atoms with Crippen LogP contribution in [0.15, 0.2) is 35.4 Å². The fourth-order valence-electron chi connectivity index (χ4n) is 14.0. The molecular formula is C48H71ClN4O7. The number of carboxylic acids is 1. The lowest BCUT2D eigenvalue weighted by molar-refractivity contribution is -0.154. The van der Waals surface area contributed by atoms with Gasteiger partial charge in [-0.3, -0.25) is 24.0 Å². The van der Waals surface area contributed by atoms with E-state index in [1.54, 1.807) is 12.1 Å². The number of aliphatic carboxylic acids is 1. The number of hydrogen-bond acceptors (Lipinski definition) is 8. The van der Waals surface area contributed by atoms with Gasteiger partial charge in [0.1, 0.15) is 5.78 Å². The Hall–Kier alpha value is -3.12. The minimum Gasteiger partial charge on any atom is -0.481 e. The van der Waals surface area contributed by atoms with Crippen LogP contribution < -0.4 is 22.1 Å². The maximum absolute atomic E-state index is 14.0. The number of ketones is 2. The molecule has 12 heteroatoms. The Balaban J connectivity index is 0.00000297. The van der Waals surface area contributed by atoms with Crippen molar-refractivity contribution in [1.29, 1.82) is 0 Å². The summed E-state index contributed by atoms with van der Waals surface area (Å²) in [5, 5.41) is 26.8. The van der Waals surface area contributed by atoms with Crippen molar-refractivity contribution >= 4 is 41.0 Å². The predicted octanol–water partition coefficient (Wildman–Crippen LogP) is 6.93. The van der Waals surface area contributed by atoms with Crippen LogP contribution in [0.1, 0.15) is 128 Å². The third kappa shape index (κ3) is 8.38. The zero-order valence-electron chi connectivity index (χ0n) is 36.7. The van der Waals surface area contributed by atoms with Gasteiger partial charge in [0.15, 0.2) is 5.78 Å². The number of carbonyl (C=O) groups is 5. The molecule has 5 saturated carbocycles. The van der Waals surface area contributed by atoms with Crippen molar-refractivity contribution in [3.8, 4) is 0 Å². The van der Waals surface area contributed by atoms with Gasteiger partial charge in [-0.05, 0) is 166 Å². The molecule has 1 aromatic carbocycles. The summed E-state index contributed by atoms with van der Waals surface area (Å²) >= 11 is 5.98. The average Bonchev–Trinajstić information content (AvgIpc) is 3.51. The van der Waals surface area contributed by atoms with Crippen molar-refractivity contribution in [3.63, 3.8) is 0 Å². The van der Waals surface area contributed by atoms with Crippen LogP contribution in [0.4, 0.5) is 0 Å². The molecule has 332 valence electrons. The fourth-order valence-corrected chi connectivity index (χ4v) is 14.1. The molecule has 5 fully saturated rings. The second-order valence-corrected chi connectivity index (χ2v) is 20.5. The lowest BCUT2D eigenvalue weighted by atomic mass is 9.42. The molecule has 0 bridgehead atoms. The summed E-state index contributed by atoms with van der Waals surface area (Å²) in [6, 6.07) is 6.19. The van der Waals surface area contributed by atoms with E-state index in [0.29, 0.717) is 72.1 Å². The molecule has 8 N–H and O–H groups in total. The molecule has 0 aromatic heterocycles. The Bertz CT molecular complexity index is 1830. The number of benzene rings is 1. The highest BCUT2D eigenvalue weighted by Gasteiger charge is 2.61. The molecule has 0 saturated heterocycles. The van der Waals surface area contributed by atoms with E-state index in [4.69, 9.17) is 17.3 Å². The van der Waals surface area contributed by atoms with Crippen molar-refractivity contribution in [1.82, 2.24) is 10.6 Å². The third-order valence-corrected chi connectivity index (χ3v) is 17.3. The molecule has 13 unspecified atom stereocenters. The van der Waals surface area contributed by atoms with Gasteiger partial charge in [-0.1, -0.05) is 51.8 Å². The molecular weight excluding hydrogens is 780 g/mol. The van der Waals surface area contributed by atoms with Gasteiger partial charge >= 0.3 is 5.97 Å². The number of allylic oxidation sites excluding steroid dienone is 2. The van der Waals surface area contributed by atoms with Crippen LogP contribution in [0.5, 0.6) is 0 Å². The first-order valence-corrected chi connectivity index (χ1v) is 23.2. The van der Waals surface area contributed by atoms with E-state index < -0.39 is 23.5 Å². The number of nitrogens with one attached hydrogen (secondary N) is 2. The van der Waals surface area contributed by atoms with Gasteiger partial charge in [0, 0.05) is 47.7 Å². The van der Waals surface area contributed by atoms with Gasteiger partial charge < -0.3 is 32.3 Å². The van der Waals surface area contributed by atoms with Crippen molar-refractivity contribution in [3.05, 3.63) is 46.0 Å². The zero-order chi connectivity index (χ0) is 43.9. The largest absolute Gasteiger partial charge is 0.481 e. The highest BCUT2D eigenvalue weighted by atomic mass is 35.5. The number of halogens is 1. The van der Waals surface area contributed by atoms with Crippen LogP contribution in [-0.2, 0) is 19.2 Å². The zero-order valence-corrected chi connectivity index (χ0v) is 37.5. The quantitative estimate of drug-likeness (QED) is 0.114. The number of carboxylic acid groups (broad SMARTS) is 1. The Labute approximate surface area is 362 Å². The number of hydrogen-bond donors (Lipinski definition) is 6. The van der Waals surface area contributed by atoms with E-state index in [-0.39, 0.29) is 71.1 Å². The number of Topliss-reactive ketones (excluding diaryl/α,β-unsaturated/α-hetero) is 2. The smallest absolute Gasteiger partial charge is 0.306 e. The summed E-state index contributed by atoms with van der Waals surface area (Å²) in [6.07, 6.45) is 10.6. The fraction of sp³-hybridized carbons (Fsp3) is 0.729. The van der Waals surface area contributed by atoms with Crippen LogP contribution in [0, 0.1) is 75.9 Å². The van der Waals surface area contributed by atoms with Crippen molar-refractivity contribution in [2.24, 2.45) is 87.4 Å². The van der Waals surface area contributed by atoms with Gasteiger partial charge in [0.25, 0.3) is 11.8 Å². The van der Waals surface area contributed by atoms with Crippen molar-refractivity contribution in [2.45, 2.75) is 124 Å². The molecule has 6 aliphatic rings. The highest BCUT2D eigenvalue weighted by Crippen LogP contribution is 2.68. The maximum Gasteiger partial charge on any atom is 0.306 e. The van der Waals surface area contributed by atoms with Crippen LogP contribution >= 0.6 is 11.6 Å². The summed E-state index contributed by atoms with van der Waals surface area (Å²) in [4.78, 5) is 65.6. The van der Waals surface area contributed by atoms with E-state index in [2.05, 4.69) is 44.1 Å². The number of amides is 2. The van der Waals surface area contributed by atoms with Gasteiger partial charge in [-0.25, -0.2) is 0 Å². The van der Waals surface area contributed by atoms with Crippen molar-refractivity contribution < 1.29 is 34.2 Å². The van der Waals surface area contributed by atoms with E-state index >= 15 is 0 Å². The molecule has 0 heterocycles. The topological polar surface area (TPSA) is 202 Å². The minimum atomic E-state index is -2.20. The van der Waals surface area contributed by atoms with E-state index in [1.807, 2.05) is 6.92 Å². The van der Waals surface area contributed by atoms with E-state index in [0.717, 1.165) is 44.1 Å². The van der Waals surface area contributed by atoms with Crippen LogP contribution in [0.25, 0.3) is 0 Å². The molecule has 2 amide bonds. The number of rotatable bonds is 13. The van der Waals surface area contributed by atoms with Gasteiger partial charge in [-0.2, -0.15) is 0 Å². The average molecular weight is 852 g/mol. The van der Waals surface area contributed by atoms with Crippen LogP contribution in [0.3, 0.4) is 0 Å². The molecule has 1 aromatic rings. The van der Waals surface area contributed by atoms with Gasteiger partial charge in [0.2, 0.25) is 5.72 Å². The predicted molar refractivity (Wildman–Crippen MR) is 232 cm³/mol. The first-order valence-electron chi connectivity index (χ1n) is 22.8. The summed E-state index contributed by atoms with van der Waals surface area (Å²) < 4.78 is 0. The molecule has 13 atom stereocenters. The summed E-state index contributed by atoms with van der Waals surface area (Å²) in [5.41, 5.74) is 10.6. The second-order valence-electron chi connectivity index (χ2n) is 20.0. The standard InChI is InChI=1S/C47H66ClN3O7.CH5N/c1-25(2)40-39(53)24-46(19-21-50-44(57)47(58,18-20-49)51-42(54)28-6-8-30(48)9-7-28)17-15-31-32-10-12-36-26(3)29(22-38(52)34-23-35(27(34)4)43(55)56)14-16-45(36,5)37(32)13-11-33(31)41(40)46;1-2/h6-9,25-27,29,31-37,58H,10-24,49H2,1-5H3,(H,50,57)(H,51,54)(H,55,56);2H2,1H3. The third-order valence-electron chi connectivity index (χ3n) is 17.0. The first kappa shape index (κ1) is 46.4. The summed E-state index contributed by atoms with van der Waals surface area (Å²) in [5.74, 6) is 1.41. The lowest BCUT2D eigenvalue weighted by Crippen LogP contribution is -2.60. The minimum absolute atomic E-state index is 0.0195. The molecule has 6 aliphatic carbocycles. The Morgan fingerprint density at radius 3 is 2.25 bits per heavy atom. The lowest BCUT2D eigenvalue weighted by Gasteiger charge is -2.63. The maximum atomic E-state index is 14.0. The summed E-state index contributed by atoms with van der Waals surface area (Å²) in [7, 11) is 1.50. The first-order chi connectivity index (χ1) is 28.4.